The molecule has 2 atom stereocenters. The van der Waals surface area contributed by atoms with Crippen molar-refractivity contribution in [2.75, 3.05) is 0 Å². The van der Waals surface area contributed by atoms with E-state index in [9.17, 15) is 19.2 Å². The minimum atomic E-state index is -1.38. The molecule has 0 heterocycles. The smallest absolute Gasteiger partial charge is 0.410 e. The molecule has 2 N–H and O–H groups in total. The third kappa shape index (κ3) is 8.99. The number of carboxylic acids is 1. The van der Waals surface area contributed by atoms with Crippen molar-refractivity contribution < 1.29 is 38.5 Å². The number of aliphatic carboxylic acids is 1. The first-order valence-electron chi connectivity index (χ1n) is 6.78. The fourth-order valence-electron chi connectivity index (χ4n) is 1.32. The fraction of sp³-hybridized carbons (Fsp3) is 0.615. The van der Waals surface area contributed by atoms with Crippen molar-refractivity contribution in [1.82, 2.24) is 5.32 Å². The predicted molar refractivity (Wildman–Crippen MR) is 75.4 cm³/mol. The molecule has 0 saturated heterocycles. The zero-order valence-electron chi connectivity index (χ0n) is 13.0. The molecule has 1 unspecified atom stereocenters. The highest BCUT2D eigenvalue weighted by atomic mass is 16.7. The van der Waals surface area contributed by atoms with Crippen LogP contribution in [0.4, 0.5) is 4.79 Å². The number of nitrogens with zero attached hydrogens (tertiary/aromatic N) is 2. The number of hydrogen-bond acceptors (Lipinski definition) is 6. The van der Waals surface area contributed by atoms with E-state index in [-0.39, 0.29) is 12.8 Å². The van der Waals surface area contributed by atoms with Gasteiger partial charge in [0.25, 0.3) is 0 Å². The summed E-state index contributed by atoms with van der Waals surface area (Å²) in [6.07, 6.45) is -2.15. The number of hydrogen-bond donors (Lipinski definition) is 2. The van der Waals surface area contributed by atoms with Gasteiger partial charge in [-0.2, -0.15) is 4.79 Å². The third-order valence-corrected chi connectivity index (χ3v) is 2.50. The van der Waals surface area contributed by atoms with Crippen LogP contribution in [0.3, 0.4) is 0 Å². The highest BCUT2D eigenvalue weighted by Gasteiger charge is 2.24. The quantitative estimate of drug-likeness (QED) is 0.203. The molecule has 0 spiro atoms. The molecule has 0 aromatic carbocycles. The number of amides is 1. The van der Waals surface area contributed by atoms with Crippen LogP contribution in [0.2, 0.25) is 0 Å². The zero-order chi connectivity index (χ0) is 18.0. The molecule has 0 fully saturated rings. The van der Waals surface area contributed by atoms with E-state index >= 15 is 0 Å². The van der Waals surface area contributed by atoms with Crippen LogP contribution in [0.1, 0.15) is 33.6 Å². The predicted octanol–water partition coefficient (Wildman–Crippen LogP) is 0.361. The highest BCUT2D eigenvalue weighted by molar-refractivity contribution is 6.25. The number of Topliss-reactive ketones (excluding diaryl/α,β-unsaturated/α-hetero) is 1. The van der Waals surface area contributed by atoms with Crippen molar-refractivity contribution in [3.63, 3.8) is 0 Å². The molecular weight excluding hydrogens is 310 g/mol. The minimum Gasteiger partial charge on any atom is -0.480 e. The maximum absolute atomic E-state index is 11.6. The Hall–Kier alpha value is -2.74. The number of carbonyl (C=O) groups excluding carboxylic acids is 3. The monoisotopic (exact) mass is 329 g/mol. The molecule has 0 rings (SSSR count). The Balaban J connectivity index is 4.45. The second-order valence-electron chi connectivity index (χ2n) is 4.85. The molecule has 128 valence electrons. The third-order valence-electron chi connectivity index (χ3n) is 2.50. The van der Waals surface area contributed by atoms with E-state index in [0.29, 0.717) is 6.21 Å². The lowest BCUT2D eigenvalue weighted by Gasteiger charge is -2.18. The maximum atomic E-state index is 11.6. The van der Waals surface area contributed by atoms with Gasteiger partial charge in [-0.05, 0) is 6.42 Å². The average Bonchev–Trinajstić information content (AvgIpc) is 2.42. The van der Waals surface area contributed by atoms with E-state index in [1.807, 2.05) is 5.32 Å². The van der Waals surface area contributed by atoms with Crippen LogP contribution in [0.25, 0.3) is 5.53 Å². The van der Waals surface area contributed by atoms with Crippen molar-refractivity contribution in [3.05, 3.63) is 5.53 Å². The summed E-state index contributed by atoms with van der Waals surface area (Å²) in [6.45, 7) is 4.50. The molecule has 0 bridgehead atoms. The largest absolute Gasteiger partial charge is 0.480 e. The SMILES string of the molecule is CC(OC(=O)N[C@@H](CCC(=O)C=[N+]=[N-])C(=O)O)OC(=O)C(C)C. The van der Waals surface area contributed by atoms with E-state index in [1.54, 1.807) is 13.8 Å². The molecule has 0 saturated carbocycles. The lowest BCUT2D eigenvalue weighted by Crippen LogP contribution is -2.42. The first kappa shape index (κ1) is 20.3. The van der Waals surface area contributed by atoms with Gasteiger partial charge in [0.15, 0.2) is 0 Å². The van der Waals surface area contributed by atoms with Crippen LogP contribution in [0.15, 0.2) is 0 Å². The second kappa shape index (κ2) is 10.1. The van der Waals surface area contributed by atoms with E-state index in [0.717, 1.165) is 0 Å². The molecule has 23 heavy (non-hydrogen) atoms. The van der Waals surface area contributed by atoms with Gasteiger partial charge in [0.05, 0.1) is 5.92 Å². The van der Waals surface area contributed by atoms with Crippen molar-refractivity contribution in [2.45, 2.75) is 45.9 Å². The number of rotatable bonds is 9. The molecular formula is C13H19N3O7. The molecule has 0 aromatic rings. The Morgan fingerprint density at radius 1 is 1.22 bits per heavy atom. The summed E-state index contributed by atoms with van der Waals surface area (Å²) >= 11 is 0. The lowest BCUT2D eigenvalue weighted by atomic mass is 10.1. The number of carboxylic acid groups (broad SMARTS) is 1. The summed E-state index contributed by atoms with van der Waals surface area (Å²) in [5, 5.41) is 11.0. The van der Waals surface area contributed by atoms with Gasteiger partial charge in [-0.25, -0.2) is 9.59 Å². The standard InChI is InChI=1S/C13H19N3O7/c1-7(2)12(20)22-8(3)23-13(21)16-10(11(18)19)5-4-9(17)6-15-14/h6-8,10H,4-5H2,1-3H3,(H,16,21)(H,18,19)/t8?,10-/m0/s1. The summed E-state index contributed by atoms with van der Waals surface area (Å²) in [4.78, 5) is 47.5. The molecule has 10 nitrogen and oxygen atoms in total. The molecule has 10 heteroatoms. The number of ketones is 1. The van der Waals surface area contributed by atoms with Crippen molar-refractivity contribution >= 4 is 30.0 Å². The number of esters is 1. The number of alkyl carbamates (subject to hydrolysis) is 1. The number of carbonyl (C=O) groups is 4. The molecule has 1 amide bonds. The Morgan fingerprint density at radius 3 is 2.30 bits per heavy atom. The first-order valence-corrected chi connectivity index (χ1v) is 6.78. The van der Waals surface area contributed by atoms with E-state index in [4.69, 9.17) is 20.1 Å². The van der Waals surface area contributed by atoms with Crippen LogP contribution in [0.5, 0.6) is 0 Å². The summed E-state index contributed by atoms with van der Waals surface area (Å²) in [7, 11) is 0. The van der Waals surface area contributed by atoms with Crippen LogP contribution >= 0.6 is 0 Å². The van der Waals surface area contributed by atoms with Gasteiger partial charge in [-0.3, -0.25) is 9.59 Å². The topological polar surface area (TPSA) is 155 Å². The molecule has 0 aliphatic heterocycles. The van der Waals surface area contributed by atoms with Crippen LogP contribution in [0, 0.1) is 5.92 Å². The number of nitrogens with one attached hydrogen (secondary N) is 1. The maximum Gasteiger partial charge on any atom is 0.410 e. The van der Waals surface area contributed by atoms with Gasteiger partial charge in [0.2, 0.25) is 12.1 Å². The molecule has 0 aliphatic carbocycles. The normalized spacial score (nSPS) is 12.5. The fourth-order valence-corrected chi connectivity index (χ4v) is 1.32. The van der Waals surface area contributed by atoms with E-state index < -0.39 is 42.1 Å². The summed E-state index contributed by atoms with van der Waals surface area (Å²) < 4.78 is 9.48. The molecule has 0 aromatic heterocycles. The van der Waals surface area contributed by atoms with E-state index in [1.165, 1.54) is 6.92 Å². The van der Waals surface area contributed by atoms with Crippen molar-refractivity contribution in [2.24, 2.45) is 5.92 Å². The Labute approximate surface area is 132 Å². The Bertz CT molecular complexity index is 512. The van der Waals surface area contributed by atoms with Gasteiger partial charge in [0, 0.05) is 13.3 Å². The summed E-state index contributed by atoms with van der Waals surface area (Å²) in [5.74, 6) is -2.96. The van der Waals surface area contributed by atoms with Crippen LogP contribution in [-0.2, 0) is 23.9 Å². The number of ether oxygens (including phenoxy) is 2. The van der Waals surface area contributed by atoms with Gasteiger partial charge in [-0.15, -0.1) is 0 Å². The lowest BCUT2D eigenvalue weighted by molar-refractivity contribution is -0.169. The molecule has 0 radical (unpaired) electrons. The summed E-state index contributed by atoms with van der Waals surface area (Å²) in [5.41, 5.74) is 8.17. The average molecular weight is 329 g/mol. The Morgan fingerprint density at radius 2 is 1.83 bits per heavy atom. The van der Waals surface area contributed by atoms with Crippen molar-refractivity contribution in [1.29, 1.82) is 0 Å². The van der Waals surface area contributed by atoms with Crippen molar-refractivity contribution in [3.8, 4) is 0 Å². The zero-order valence-corrected chi connectivity index (χ0v) is 13.0. The summed E-state index contributed by atoms with van der Waals surface area (Å²) in [6, 6.07) is -1.38. The van der Waals surface area contributed by atoms with Gasteiger partial charge in [-0.1, -0.05) is 13.8 Å². The van der Waals surface area contributed by atoms with Gasteiger partial charge in [0.1, 0.15) is 6.04 Å². The van der Waals surface area contributed by atoms with E-state index in [2.05, 4.69) is 4.79 Å². The second-order valence-corrected chi connectivity index (χ2v) is 4.85. The Kier molecular flexibility index (Phi) is 8.87. The van der Waals surface area contributed by atoms with Crippen LogP contribution < -0.4 is 5.32 Å². The first-order chi connectivity index (χ1) is 10.7. The van der Waals surface area contributed by atoms with Gasteiger partial charge >= 0.3 is 24.2 Å². The molecule has 0 aliphatic rings. The van der Waals surface area contributed by atoms with Crippen LogP contribution in [-0.4, -0.2) is 52.3 Å². The van der Waals surface area contributed by atoms with Gasteiger partial charge < -0.3 is 25.4 Å². The minimum absolute atomic E-state index is 0.227. The highest BCUT2D eigenvalue weighted by Crippen LogP contribution is 2.04.